The molecule has 0 saturated heterocycles. The predicted molar refractivity (Wildman–Crippen MR) is 165 cm³/mol. The molecule has 2 aromatic heterocycles. The first-order valence-electron chi connectivity index (χ1n) is 13.7. The Morgan fingerprint density at radius 3 is 2.42 bits per heavy atom. The van der Waals surface area contributed by atoms with Crippen LogP contribution in [0.3, 0.4) is 0 Å². The number of rotatable bonds is 11. The van der Waals surface area contributed by atoms with Gasteiger partial charge < -0.3 is 16.0 Å². The molecule has 0 saturated carbocycles. The molecule has 1 unspecified atom stereocenters. The molecular formula is C32H37BrN6O. The van der Waals surface area contributed by atoms with E-state index in [1.54, 1.807) is 0 Å². The number of pyridine rings is 2. The maximum atomic E-state index is 12.5. The van der Waals surface area contributed by atoms with E-state index < -0.39 is 0 Å². The molecule has 5 rings (SSSR count). The number of para-hydroxylation sites is 1. The van der Waals surface area contributed by atoms with Crippen molar-refractivity contribution < 1.29 is 4.79 Å². The first kappa shape index (κ1) is 29.4. The van der Waals surface area contributed by atoms with E-state index in [0.29, 0.717) is 6.54 Å². The van der Waals surface area contributed by atoms with Gasteiger partial charge in [-0.15, -0.1) is 17.0 Å². The third-order valence-corrected chi connectivity index (χ3v) is 7.09. The van der Waals surface area contributed by atoms with Gasteiger partial charge >= 0.3 is 6.03 Å². The standard InChI is InChI=1S/C32H36N6O.BrH/c39-32(37-28-10-2-1-3-11-28)36-20-21-38(30-13-6-8-27-9-7-19-35-31(27)30)24-26-16-14-25(15-17-26)22-33-23-29-12-4-5-18-34-29;/h1-5,7,9-12,14-19,30,33H,6,8,13,20-24H2,(H2,36,37,39);1H. The number of hydrogen-bond acceptors (Lipinski definition) is 5. The number of aryl methyl sites for hydroxylation is 1. The van der Waals surface area contributed by atoms with Gasteiger partial charge in [-0.1, -0.05) is 54.6 Å². The third kappa shape index (κ3) is 8.45. The Morgan fingerprint density at radius 1 is 0.850 bits per heavy atom. The van der Waals surface area contributed by atoms with Crippen LogP contribution in [0.25, 0.3) is 0 Å². The summed E-state index contributed by atoms with van der Waals surface area (Å²) in [4.78, 5) is 24.1. The Kier molecular flexibility index (Phi) is 11.2. The lowest BCUT2D eigenvalue weighted by Gasteiger charge is -2.35. The van der Waals surface area contributed by atoms with Gasteiger partial charge in [0.25, 0.3) is 0 Å². The topological polar surface area (TPSA) is 82.2 Å². The van der Waals surface area contributed by atoms with Gasteiger partial charge in [-0.25, -0.2) is 4.79 Å². The fourth-order valence-corrected chi connectivity index (χ4v) is 5.13. The summed E-state index contributed by atoms with van der Waals surface area (Å²) in [5, 5.41) is 9.40. The van der Waals surface area contributed by atoms with Crippen molar-refractivity contribution in [3.8, 4) is 0 Å². The summed E-state index contributed by atoms with van der Waals surface area (Å²) in [5.41, 5.74) is 6.82. The number of carbonyl (C=O) groups excluding carboxylic acids is 1. The number of amides is 2. The smallest absolute Gasteiger partial charge is 0.319 e. The molecule has 0 radical (unpaired) electrons. The number of anilines is 1. The molecule has 40 heavy (non-hydrogen) atoms. The maximum Gasteiger partial charge on any atom is 0.319 e. The van der Waals surface area contributed by atoms with Crippen molar-refractivity contribution in [3.05, 3.63) is 125 Å². The number of carbonyl (C=O) groups is 1. The third-order valence-electron chi connectivity index (χ3n) is 7.09. The van der Waals surface area contributed by atoms with Crippen molar-refractivity contribution in [1.29, 1.82) is 0 Å². The molecule has 1 atom stereocenters. The van der Waals surface area contributed by atoms with E-state index >= 15 is 0 Å². The van der Waals surface area contributed by atoms with Gasteiger partial charge in [-0.05, 0) is 66.3 Å². The van der Waals surface area contributed by atoms with Gasteiger partial charge in [0.1, 0.15) is 0 Å². The molecule has 2 aromatic carbocycles. The van der Waals surface area contributed by atoms with Gasteiger partial charge in [-0.2, -0.15) is 0 Å². The van der Waals surface area contributed by atoms with Crippen LogP contribution in [0.5, 0.6) is 0 Å². The number of nitrogens with zero attached hydrogens (tertiary/aromatic N) is 3. The predicted octanol–water partition coefficient (Wildman–Crippen LogP) is 6.05. The molecule has 1 aliphatic rings. The Bertz CT molecular complexity index is 1320. The fraction of sp³-hybridized carbons (Fsp3) is 0.281. The summed E-state index contributed by atoms with van der Waals surface area (Å²) in [6.07, 6.45) is 7.00. The Balaban J connectivity index is 0.00000370. The Hall–Kier alpha value is -3.59. The van der Waals surface area contributed by atoms with E-state index in [9.17, 15) is 4.79 Å². The van der Waals surface area contributed by atoms with Crippen LogP contribution in [0.2, 0.25) is 0 Å². The van der Waals surface area contributed by atoms with Crippen molar-refractivity contribution in [2.45, 2.75) is 44.9 Å². The number of halogens is 1. The fourth-order valence-electron chi connectivity index (χ4n) is 5.13. The Labute approximate surface area is 247 Å². The van der Waals surface area contributed by atoms with Crippen molar-refractivity contribution in [2.75, 3.05) is 18.4 Å². The summed E-state index contributed by atoms with van der Waals surface area (Å²) in [5.74, 6) is 0. The van der Waals surface area contributed by atoms with E-state index in [1.807, 2.05) is 67.0 Å². The van der Waals surface area contributed by atoms with Crippen LogP contribution in [0, 0.1) is 0 Å². The van der Waals surface area contributed by atoms with Crippen molar-refractivity contribution in [3.63, 3.8) is 0 Å². The van der Waals surface area contributed by atoms with Gasteiger partial charge in [0.2, 0.25) is 0 Å². The van der Waals surface area contributed by atoms with E-state index in [0.717, 1.165) is 56.8 Å². The van der Waals surface area contributed by atoms with Crippen molar-refractivity contribution in [2.24, 2.45) is 0 Å². The molecule has 208 valence electrons. The molecular weight excluding hydrogens is 564 g/mol. The molecule has 1 aliphatic carbocycles. The second-order valence-corrected chi connectivity index (χ2v) is 9.91. The van der Waals surface area contributed by atoms with Crippen molar-refractivity contribution >= 4 is 28.7 Å². The SMILES string of the molecule is Br.O=C(NCCN(Cc1ccc(CNCc2ccccn2)cc1)C1CCCc2cccnc21)Nc1ccccc1. The van der Waals surface area contributed by atoms with E-state index in [1.165, 1.54) is 22.4 Å². The highest BCUT2D eigenvalue weighted by Crippen LogP contribution is 2.33. The molecule has 0 bridgehead atoms. The largest absolute Gasteiger partial charge is 0.337 e. The van der Waals surface area contributed by atoms with E-state index in [2.05, 4.69) is 56.2 Å². The molecule has 0 aliphatic heterocycles. The minimum atomic E-state index is -0.189. The number of hydrogen-bond donors (Lipinski definition) is 3. The quantitative estimate of drug-likeness (QED) is 0.195. The highest BCUT2D eigenvalue weighted by molar-refractivity contribution is 8.93. The highest BCUT2D eigenvalue weighted by atomic mass is 79.9. The normalized spacial score (nSPS) is 14.2. The van der Waals surface area contributed by atoms with Crippen LogP contribution < -0.4 is 16.0 Å². The highest BCUT2D eigenvalue weighted by Gasteiger charge is 2.27. The molecule has 0 spiro atoms. The maximum absolute atomic E-state index is 12.5. The summed E-state index contributed by atoms with van der Waals surface area (Å²) in [6, 6.07) is 28.6. The lowest BCUT2D eigenvalue weighted by Crippen LogP contribution is -2.39. The molecule has 2 heterocycles. The summed E-state index contributed by atoms with van der Waals surface area (Å²) in [7, 11) is 0. The first-order valence-corrected chi connectivity index (χ1v) is 13.7. The number of urea groups is 1. The van der Waals surface area contributed by atoms with Crippen LogP contribution in [-0.4, -0.2) is 34.0 Å². The van der Waals surface area contributed by atoms with Gasteiger partial charge in [0, 0.05) is 50.8 Å². The van der Waals surface area contributed by atoms with Gasteiger partial charge in [-0.3, -0.25) is 14.9 Å². The van der Waals surface area contributed by atoms with Crippen LogP contribution >= 0.6 is 17.0 Å². The lowest BCUT2D eigenvalue weighted by molar-refractivity contribution is 0.167. The molecule has 0 fully saturated rings. The second kappa shape index (κ2) is 15.3. The second-order valence-electron chi connectivity index (χ2n) is 9.91. The zero-order valence-electron chi connectivity index (χ0n) is 22.6. The molecule has 3 N–H and O–H groups in total. The summed E-state index contributed by atoms with van der Waals surface area (Å²) < 4.78 is 0. The number of nitrogens with one attached hydrogen (secondary N) is 3. The van der Waals surface area contributed by atoms with Crippen molar-refractivity contribution in [1.82, 2.24) is 25.5 Å². The molecule has 7 nitrogen and oxygen atoms in total. The minimum Gasteiger partial charge on any atom is -0.337 e. The van der Waals surface area contributed by atoms with E-state index in [4.69, 9.17) is 4.98 Å². The Morgan fingerprint density at radius 2 is 1.62 bits per heavy atom. The molecule has 8 heteroatoms. The zero-order chi connectivity index (χ0) is 26.7. The van der Waals surface area contributed by atoms with Crippen LogP contribution in [0.1, 0.15) is 47.0 Å². The number of benzene rings is 2. The average Bonchev–Trinajstić information content (AvgIpc) is 2.98. The summed E-state index contributed by atoms with van der Waals surface area (Å²) >= 11 is 0. The van der Waals surface area contributed by atoms with Crippen LogP contribution in [0.15, 0.2) is 97.3 Å². The summed E-state index contributed by atoms with van der Waals surface area (Å²) in [6.45, 7) is 3.61. The lowest BCUT2D eigenvalue weighted by atomic mass is 9.90. The molecule has 2 amide bonds. The van der Waals surface area contributed by atoms with Gasteiger partial charge in [0.15, 0.2) is 0 Å². The monoisotopic (exact) mass is 600 g/mol. The number of aromatic nitrogens is 2. The minimum absolute atomic E-state index is 0. The van der Waals surface area contributed by atoms with Crippen LogP contribution in [-0.2, 0) is 26.1 Å². The first-order chi connectivity index (χ1) is 19.2. The zero-order valence-corrected chi connectivity index (χ0v) is 24.3. The molecule has 4 aromatic rings. The average molecular weight is 602 g/mol. The van der Waals surface area contributed by atoms with E-state index in [-0.39, 0.29) is 29.1 Å². The van der Waals surface area contributed by atoms with Crippen LogP contribution in [0.4, 0.5) is 10.5 Å². The number of fused-ring (bicyclic) bond motifs is 1. The van der Waals surface area contributed by atoms with Gasteiger partial charge in [0.05, 0.1) is 17.4 Å².